The van der Waals surface area contributed by atoms with E-state index >= 15 is 0 Å². The first-order chi connectivity index (χ1) is 9.56. The van der Waals surface area contributed by atoms with Crippen LogP contribution >= 0.6 is 0 Å². The van der Waals surface area contributed by atoms with Crippen LogP contribution in [0.15, 0.2) is 48.8 Å². The van der Waals surface area contributed by atoms with E-state index in [1.54, 1.807) is 24.4 Å². The summed E-state index contributed by atoms with van der Waals surface area (Å²) in [5, 5.41) is 2.46. The third-order valence-corrected chi connectivity index (χ3v) is 2.62. The van der Waals surface area contributed by atoms with Crippen molar-refractivity contribution in [2.75, 3.05) is 5.32 Å². The Morgan fingerprint density at radius 3 is 2.65 bits per heavy atom. The van der Waals surface area contributed by atoms with Gasteiger partial charge in [0.25, 0.3) is 11.8 Å². The average molecular weight is 274 g/mol. The minimum atomic E-state index is -0.575. The first kappa shape index (κ1) is 13.7. The highest BCUT2D eigenvalue weighted by Gasteiger charge is 2.13. The number of nitrogens with zero attached hydrogens (tertiary/aromatic N) is 1. The van der Waals surface area contributed by atoms with Crippen LogP contribution in [0.25, 0.3) is 0 Å². The Hall–Kier alpha value is -2.76. The zero-order chi connectivity index (χ0) is 14.5. The van der Waals surface area contributed by atoms with Gasteiger partial charge >= 0.3 is 0 Å². The van der Waals surface area contributed by atoms with Crippen molar-refractivity contribution in [1.29, 1.82) is 0 Å². The van der Waals surface area contributed by atoms with Crippen molar-refractivity contribution in [3.05, 3.63) is 60.2 Å². The SMILES string of the molecule is NC(=O)c1ccc[n+](CC(=O)Nc2ccccc2F)c1. The summed E-state index contributed by atoms with van der Waals surface area (Å²) in [5.74, 6) is -1.48. The van der Waals surface area contributed by atoms with Gasteiger partial charge in [0.2, 0.25) is 6.54 Å². The quantitative estimate of drug-likeness (QED) is 0.811. The third-order valence-electron chi connectivity index (χ3n) is 2.62. The van der Waals surface area contributed by atoms with E-state index in [4.69, 9.17) is 5.73 Å². The Bertz CT molecular complexity index is 658. The van der Waals surface area contributed by atoms with Gasteiger partial charge in [0, 0.05) is 6.07 Å². The number of carbonyl (C=O) groups is 2. The van der Waals surface area contributed by atoms with Gasteiger partial charge in [-0.15, -0.1) is 0 Å². The molecular weight excluding hydrogens is 261 g/mol. The summed E-state index contributed by atoms with van der Waals surface area (Å²) in [4.78, 5) is 22.8. The van der Waals surface area contributed by atoms with Gasteiger partial charge in [-0.05, 0) is 18.2 Å². The van der Waals surface area contributed by atoms with Crippen molar-refractivity contribution in [3.63, 3.8) is 0 Å². The lowest BCUT2D eigenvalue weighted by atomic mass is 10.2. The minimum absolute atomic E-state index is 0.0462. The Labute approximate surface area is 114 Å². The number of halogens is 1. The number of carbonyl (C=O) groups excluding carboxylic acids is 2. The smallest absolute Gasteiger partial charge is 0.290 e. The zero-order valence-corrected chi connectivity index (χ0v) is 10.5. The lowest BCUT2D eigenvalue weighted by molar-refractivity contribution is -0.684. The van der Waals surface area contributed by atoms with E-state index in [0.29, 0.717) is 5.56 Å². The van der Waals surface area contributed by atoms with Gasteiger partial charge in [-0.3, -0.25) is 9.59 Å². The lowest BCUT2D eigenvalue weighted by Gasteiger charge is -2.04. The molecule has 2 rings (SSSR count). The number of pyridine rings is 1. The molecule has 5 nitrogen and oxygen atoms in total. The van der Waals surface area contributed by atoms with Crippen molar-refractivity contribution >= 4 is 17.5 Å². The highest BCUT2D eigenvalue weighted by molar-refractivity contribution is 5.92. The number of anilines is 1. The molecule has 102 valence electrons. The molecule has 0 radical (unpaired) electrons. The third kappa shape index (κ3) is 3.38. The molecule has 1 aromatic carbocycles. The maximum absolute atomic E-state index is 13.4. The maximum atomic E-state index is 13.4. The number of primary amides is 1. The highest BCUT2D eigenvalue weighted by Crippen LogP contribution is 2.11. The van der Waals surface area contributed by atoms with Crippen LogP contribution in [0.2, 0.25) is 0 Å². The number of nitrogens with one attached hydrogen (secondary N) is 1. The molecule has 3 N–H and O–H groups in total. The molecule has 20 heavy (non-hydrogen) atoms. The van der Waals surface area contributed by atoms with Crippen molar-refractivity contribution in [3.8, 4) is 0 Å². The minimum Gasteiger partial charge on any atom is -0.365 e. The molecule has 0 saturated carbocycles. The Balaban J connectivity index is 2.07. The average Bonchev–Trinajstić information content (AvgIpc) is 2.41. The standard InChI is InChI=1S/C14H12FN3O2/c15-11-5-1-2-6-12(11)17-13(19)9-18-7-3-4-10(8-18)14(16)20/h1-8H,9H2,(H2-,16,17,19,20)/p+1. The maximum Gasteiger partial charge on any atom is 0.290 e. The van der Waals surface area contributed by atoms with Gasteiger partial charge in [-0.1, -0.05) is 12.1 Å². The van der Waals surface area contributed by atoms with Crippen LogP contribution in [-0.4, -0.2) is 11.8 Å². The second-order valence-electron chi connectivity index (χ2n) is 4.16. The summed E-state index contributed by atoms with van der Waals surface area (Å²) in [6.07, 6.45) is 3.08. The Kier molecular flexibility index (Phi) is 4.05. The fourth-order valence-electron chi connectivity index (χ4n) is 1.68. The molecule has 0 aliphatic rings. The van der Waals surface area contributed by atoms with Gasteiger partial charge in [-0.25, -0.2) is 4.39 Å². The van der Waals surface area contributed by atoms with Crippen molar-refractivity contribution in [2.45, 2.75) is 6.54 Å². The molecule has 0 aliphatic heterocycles. The van der Waals surface area contributed by atoms with E-state index in [9.17, 15) is 14.0 Å². The van der Waals surface area contributed by atoms with Crippen molar-refractivity contribution in [1.82, 2.24) is 0 Å². The molecular formula is C14H13FN3O2+. The summed E-state index contributed by atoms with van der Waals surface area (Å²) >= 11 is 0. The fraction of sp³-hybridized carbons (Fsp3) is 0.0714. The molecule has 0 fully saturated rings. The monoisotopic (exact) mass is 274 g/mol. The van der Waals surface area contributed by atoms with Crippen LogP contribution in [0, 0.1) is 5.82 Å². The molecule has 0 atom stereocenters. The largest absolute Gasteiger partial charge is 0.365 e. The van der Waals surface area contributed by atoms with Gasteiger partial charge in [0.15, 0.2) is 12.4 Å². The number of hydrogen-bond donors (Lipinski definition) is 2. The molecule has 1 aromatic heterocycles. The molecule has 0 saturated heterocycles. The van der Waals surface area contributed by atoms with E-state index in [2.05, 4.69) is 5.32 Å². The highest BCUT2D eigenvalue weighted by atomic mass is 19.1. The number of aromatic nitrogens is 1. The summed E-state index contributed by atoms with van der Waals surface area (Å²) in [7, 11) is 0. The topological polar surface area (TPSA) is 76.1 Å². The van der Waals surface area contributed by atoms with Crippen LogP contribution in [0.1, 0.15) is 10.4 Å². The van der Waals surface area contributed by atoms with Gasteiger partial charge in [-0.2, -0.15) is 4.57 Å². The van der Waals surface area contributed by atoms with Crippen LogP contribution in [0.4, 0.5) is 10.1 Å². The summed E-state index contributed by atoms with van der Waals surface area (Å²) < 4.78 is 14.9. The second-order valence-corrected chi connectivity index (χ2v) is 4.16. The molecule has 1 heterocycles. The summed E-state index contributed by atoms with van der Waals surface area (Å²) in [6, 6.07) is 9.05. The fourth-order valence-corrected chi connectivity index (χ4v) is 1.68. The van der Waals surface area contributed by atoms with E-state index in [1.165, 1.54) is 29.0 Å². The Morgan fingerprint density at radius 2 is 1.95 bits per heavy atom. The van der Waals surface area contributed by atoms with Crippen molar-refractivity contribution < 1.29 is 18.5 Å². The molecule has 0 spiro atoms. The molecule has 2 amide bonds. The van der Waals surface area contributed by atoms with E-state index in [0.717, 1.165) is 0 Å². The number of hydrogen-bond acceptors (Lipinski definition) is 2. The van der Waals surface area contributed by atoms with Crippen molar-refractivity contribution in [2.24, 2.45) is 5.73 Å². The number of benzene rings is 1. The lowest BCUT2D eigenvalue weighted by Crippen LogP contribution is -2.40. The second kappa shape index (κ2) is 5.92. The first-order valence-electron chi connectivity index (χ1n) is 5.89. The van der Waals surface area contributed by atoms with Gasteiger partial charge in [0.05, 0.1) is 5.69 Å². The summed E-state index contributed by atoms with van der Waals surface area (Å²) in [5.41, 5.74) is 5.57. The number of nitrogens with two attached hydrogens (primary N) is 1. The van der Waals surface area contributed by atoms with Gasteiger partial charge < -0.3 is 11.1 Å². The normalized spacial score (nSPS) is 10.1. The molecule has 0 unspecified atom stereocenters. The predicted octanol–water partition coefficient (Wildman–Crippen LogP) is 0.851. The molecule has 2 aromatic rings. The molecule has 0 bridgehead atoms. The van der Waals surface area contributed by atoms with Crippen LogP contribution < -0.4 is 15.6 Å². The van der Waals surface area contributed by atoms with E-state index in [-0.39, 0.29) is 12.2 Å². The predicted molar refractivity (Wildman–Crippen MR) is 70.2 cm³/mol. The molecule has 0 aliphatic carbocycles. The number of rotatable bonds is 4. The van der Waals surface area contributed by atoms with Gasteiger partial charge in [0.1, 0.15) is 11.4 Å². The van der Waals surface area contributed by atoms with Crippen LogP contribution in [-0.2, 0) is 11.3 Å². The summed E-state index contributed by atoms with van der Waals surface area (Å²) in [6.45, 7) is -0.0462. The zero-order valence-electron chi connectivity index (χ0n) is 10.5. The van der Waals surface area contributed by atoms with E-state index < -0.39 is 17.6 Å². The van der Waals surface area contributed by atoms with E-state index in [1.807, 2.05) is 0 Å². The van der Waals surface area contributed by atoms with Crippen LogP contribution in [0.3, 0.4) is 0 Å². The molecule has 6 heteroatoms. The first-order valence-corrected chi connectivity index (χ1v) is 5.89. The van der Waals surface area contributed by atoms with Crippen LogP contribution in [0.5, 0.6) is 0 Å². The number of para-hydroxylation sites is 1. The Morgan fingerprint density at radius 1 is 1.20 bits per heavy atom. The number of amides is 2.